The van der Waals surface area contributed by atoms with Crippen molar-refractivity contribution in [1.82, 2.24) is 10.3 Å². The molecule has 5 rings (SSSR count). The van der Waals surface area contributed by atoms with Crippen LogP contribution in [0.3, 0.4) is 0 Å². The summed E-state index contributed by atoms with van der Waals surface area (Å²) in [5.74, 6) is 1.40. The van der Waals surface area contributed by atoms with Crippen LogP contribution >= 0.6 is 35.4 Å². The maximum absolute atomic E-state index is 6.44. The molecule has 4 aromatic rings. The van der Waals surface area contributed by atoms with Gasteiger partial charge >= 0.3 is 0 Å². The second-order valence-electron chi connectivity index (χ2n) is 7.64. The van der Waals surface area contributed by atoms with Gasteiger partial charge in [0.1, 0.15) is 17.6 Å². The Balaban J connectivity index is 1.61. The molecule has 0 amide bonds. The van der Waals surface area contributed by atoms with Crippen LogP contribution in [0.1, 0.15) is 29.1 Å². The molecule has 4 nitrogen and oxygen atoms in total. The van der Waals surface area contributed by atoms with Crippen LogP contribution in [-0.4, -0.2) is 10.1 Å². The minimum absolute atomic E-state index is 0.182. The van der Waals surface area contributed by atoms with Gasteiger partial charge < -0.3 is 14.6 Å². The topological polar surface area (TPSA) is 41.3 Å². The number of nitrogens with zero attached hydrogens (tertiary/aromatic N) is 2. The molecule has 0 saturated carbocycles. The molecular formula is C25H19Cl2N3OS. The molecule has 1 fully saturated rings. The minimum Gasteiger partial charge on any atom is -0.459 e. The third-order valence-corrected chi connectivity index (χ3v) is 6.68. The van der Waals surface area contributed by atoms with Gasteiger partial charge in [-0.15, -0.1) is 0 Å². The summed E-state index contributed by atoms with van der Waals surface area (Å²) < 4.78 is 6.35. The Morgan fingerprint density at radius 1 is 0.969 bits per heavy atom. The first kappa shape index (κ1) is 21.0. The average Bonchev–Trinajstić information content (AvgIpc) is 3.41. The van der Waals surface area contributed by atoms with Crippen LogP contribution < -0.4 is 10.2 Å². The summed E-state index contributed by atoms with van der Waals surface area (Å²) in [5.41, 5.74) is 3.79. The smallest absolute Gasteiger partial charge is 0.174 e. The molecule has 160 valence electrons. The molecule has 3 heterocycles. The molecule has 1 saturated heterocycles. The van der Waals surface area contributed by atoms with Crippen LogP contribution in [-0.2, 0) is 0 Å². The molecule has 2 atom stereocenters. The number of nitrogens with one attached hydrogen (secondary N) is 1. The molecule has 2 aromatic carbocycles. The van der Waals surface area contributed by atoms with Crippen LogP contribution in [0.5, 0.6) is 0 Å². The van der Waals surface area contributed by atoms with Gasteiger partial charge in [-0.1, -0.05) is 53.0 Å². The molecule has 2 aromatic heterocycles. The quantitative estimate of drug-likeness (QED) is 0.315. The fraction of sp³-hybridized carbons (Fsp3) is 0.120. The van der Waals surface area contributed by atoms with Crippen LogP contribution in [0.25, 0.3) is 11.3 Å². The fourth-order valence-electron chi connectivity index (χ4n) is 3.98. The molecule has 0 spiro atoms. The van der Waals surface area contributed by atoms with Crippen LogP contribution in [0.15, 0.2) is 83.4 Å². The van der Waals surface area contributed by atoms with Crippen molar-refractivity contribution in [3.05, 3.63) is 106 Å². The Hall–Kier alpha value is -2.86. The van der Waals surface area contributed by atoms with Gasteiger partial charge in [0.05, 0.1) is 21.8 Å². The maximum Gasteiger partial charge on any atom is 0.174 e. The van der Waals surface area contributed by atoms with Crippen LogP contribution in [0, 0.1) is 6.92 Å². The Bertz CT molecular complexity index is 1270. The zero-order chi connectivity index (χ0) is 22.2. The highest BCUT2D eigenvalue weighted by Crippen LogP contribution is 2.43. The first-order valence-electron chi connectivity index (χ1n) is 10.1. The van der Waals surface area contributed by atoms with E-state index in [0.717, 1.165) is 22.7 Å². The normalized spacial score (nSPS) is 18.1. The maximum atomic E-state index is 6.44. The zero-order valence-electron chi connectivity index (χ0n) is 17.1. The Morgan fingerprint density at radius 2 is 1.78 bits per heavy atom. The third-order valence-electron chi connectivity index (χ3n) is 5.55. The second kappa shape index (κ2) is 8.58. The predicted molar refractivity (Wildman–Crippen MR) is 133 cm³/mol. The van der Waals surface area contributed by atoms with Gasteiger partial charge in [0.2, 0.25) is 0 Å². The predicted octanol–water partition coefficient (Wildman–Crippen LogP) is 7.13. The number of halogens is 2. The molecule has 0 aliphatic carbocycles. The molecule has 7 heteroatoms. The summed E-state index contributed by atoms with van der Waals surface area (Å²) in [6, 6.07) is 23.1. The number of rotatable bonds is 4. The lowest BCUT2D eigenvalue weighted by molar-refractivity contribution is 0.439. The van der Waals surface area contributed by atoms with Gasteiger partial charge in [0.25, 0.3) is 0 Å². The Kier molecular flexibility index (Phi) is 5.64. The van der Waals surface area contributed by atoms with Gasteiger partial charge in [0.15, 0.2) is 5.11 Å². The largest absolute Gasteiger partial charge is 0.459 e. The second-order valence-corrected chi connectivity index (χ2v) is 8.81. The van der Waals surface area contributed by atoms with E-state index in [9.17, 15) is 0 Å². The summed E-state index contributed by atoms with van der Waals surface area (Å²) in [7, 11) is 0. The molecule has 32 heavy (non-hydrogen) atoms. The van der Waals surface area contributed by atoms with Crippen molar-refractivity contribution in [2.45, 2.75) is 19.0 Å². The van der Waals surface area contributed by atoms with Crippen molar-refractivity contribution in [2.75, 3.05) is 4.90 Å². The van der Waals surface area contributed by atoms with Gasteiger partial charge in [0, 0.05) is 17.4 Å². The molecule has 1 aliphatic rings. The number of hydrogen-bond acceptors (Lipinski definition) is 3. The van der Waals surface area contributed by atoms with E-state index < -0.39 is 0 Å². The van der Waals surface area contributed by atoms with E-state index in [-0.39, 0.29) is 12.1 Å². The lowest BCUT2D eigenvalue weighted by Crippen LogP contribution is -2.29. The SMILES string of the molecule is Cc1ccc(N2C(=S)N[C@H](c3ccccn3)[C@@H]2c2ccc(-c3cccc(Cl)c3Cl)o2)cc1. The molecule has 0 unspecified atom stereocenters. The number of furan rings is 1. The van der Waals surface area contributed by atoms with Crippen molar-refractivity contribution in [2.24, 2.45) is 0 Å². The van der Waals surface area contributed by atoms with Crippen LogP contribution in [0.2, 0.25) is 10.0 Å². The lowest BCUT2D eigenvalue weighted by atomic mass is 10.0. The third kappa shape index (κ3) is 3.77. The highest BCUT2D eigenvalue weighted by Gasteiger charge is 2.42. The van der Waals surface area contributed by atoms with E-state index in [4.69, 9.17) is 39.8 Å². The summed E-state index contributed by atoms with van der Waals surface area (Å²) in [6.45, 7) is 2.06. The van der Waals surface area contributed by atoms with Crippen molar-refractivity contribution in [1.29, 1.82) is 0 Å². The van der Waals surface area contributed by atoms with E-state index >= 15 is 0 Å². The van der Waals surface area contributed by atoms with Gasteiger partial charge in [-0.2, -0.15) is 0 Å². The first-order valence-corrected chi connectivity index (χ1v) is 11.3. The van der Waals surface area contributed by atoms with Crippen molar-refractivity contribution < 1.29 is 4.42 Å². The molecular weight excluding hydrogens is 461 g/mol. The summed E-state index contributed by atoms with van der Waals surface area (Å²) in [6.07, 6.45) is 1.78. The number of hydrogen-bond donors (Lipinski definition) is 1. The van der Waals surface area contributed by atoms with Crippen LogP contribution in [0.4, 0.5) is 5.69 Å². The zero-order valence-corrected chi connectivity index (χ0v) is 19.5. The Morgan fingerprint density at radius 3 is 2.53 bits per heavy atom. The summed E-state index contributed by atoms with van der Waals surface area (Å²) in [5, 5.41) is 5.01. The Labute approximate surface area is 201 Å². The molecule has 1 aliphatic heterocycles. The summed E-state index contributed by atoms with van der Waals surface area (Å²) in [4.78, 5) is 6.65. The summed E-state index contributed by atoms with van der Waals surface area (Å²) >= 11 is 18.4. The van der Waals surface area contributed by atoms with Crippen molar-refractivity contribution >= 4 is 46.2 Å². The lowest BCUT2D eigenvalue weighted by Gasteiger charge is -2.26. The highest BCUT2D eigenvalue weighted by molar-refractivity contribution is 7.80. The standard InChI is InChI=1S/C25H19Cl2N3OS/c1-15-8-10-16(11-9-15)30-24(23(29-25(30)32)19-7-2-3-14-28-19)21-13-12-20(31-21)17-5-4-6-18(26)22(17)27/h2-14,23-24H,1H3,(H,29,32)/t23-,24+/m1/s1. The number of aryl methyl sites for hydroxylation is 1. The monoisotopic (exact) mass is 479 g/mol. The molecule has 0 radical (unpaired) electrons. The van der Waals surface area contributed by atoms with E-state index in [0.29, 0.717) is 20.9 Å². The van der Waals surface area contributed by atoms with E-state index in [1.165, 1.54) is 5.56 Å². The highest BCUT2D eigenvalue weighted by atomic mass is 35.5. The molecule has 0 bridgehead atoms. The number of benzene rings is 2. The fourth-order valence-corrected chi connectivity index (χ4v) is 4.72. The number of anilines is 1. The van der Waals surface area contributed by atoms with E-state index in [1.807, 2.05) is 42.5 Å². The number of pyridine rings is 1. The first-order chi connectivity index (χ1) is 15.5. The number of thiocarbonyl (C=S) groups is 1. The van der Waals surface area contributed by atoms with E-state index in [1.54, 1.807) is 12.3 Å². The van der Waals surface area contributed by atoms with Gasteiger partial charge in [-0.25, -0.2) is 0 Å². The number of aromatic nitrogens is 1. The minimum atomic E-state index is -0.230. The van der Waals surface area contributed by atoms with Gasteiger partial charge in [-0.3, -0.25) is 4.98 Å². The van der Waals surface area contributed by atoms with E-state index in [2.05, 4.69) is 46.4 Å². The van der Waals surface area contributed by atoms with Crippen molar-refractivity contribution in [3.63, 3.8) is 0 Å². The average molecular weight is 480 g/mol. The van der Waals surface area contributed by atoms with Gasteiger partial charge in [-0.05, 0) is 67.7 Å². The van der Waals surface area contributed by atoms with Crippen molar-refractivity contribution in [3.8, 4) is 11.3 Å². The molecule has 1 N–H and O–H groups in total.